The van der Waals surface area contributed by atoms with Crippen LogP contribution in [0.15, 0.2) is 36.5 Å². The van der Waals surface area contributed by atoms with Gasteiger partial charge in [-0.3, -0.25) is 4.79 Å². The first-order valence-electron chi connectivity index (χ1n) is 9.40. The third-order valence-electron chi connectivity index (χ3n) is 4.03. The van der Waals surface area contributed by atoms with Crippen molar-refractivity contribution in [1.29, 1.82) is 0 Å². The van der Waals surface area contributed by atoms with Crippen molar-refractivity contribution in [1.82, 2.24) is 20.1 Å². The number of ether oxygens (including phenoxy) is 1. The molecule has 3 aromatic rings. The first kappa shape index (κ1) is 27.3. The lowest BCUT2D eigenvalue weighted by Crippen LogP contribution is -2.26. The van der Waals surface area contributed by atoms with Crippen LogP contribution in [0, 0.1) is 0 Å². The standard InChI is InChI=1S/C17H16F3N5O3.C2HF3O2/c18-17(19,20)28-11-3-1-10(2-4-11)25-15-14(13(9-21)24-25)12(5-6-22-15)16(27)23-7-8-26;3-2(4,5)1(6)7/h1-6,26H,7-9,21H2,(H,23,27);(H,6,7). The number of nitrogens with one attached hydrogen (secondary N) is 1. The van der Waals surface area contributed by atoms with E-state index in [2.05, 4.69) is 20.1 Å². The number of alkyl halides is 6. The molecule has 0 aliphatic rings. The van der Waals surface area contributed by atoms with Gasteiger partial charge in [-0.25, -0.2) is 14.5 Å². The molecule has 0 unspecified atom stereocenters. The molecule has 190 valence electrons. The first-order chi connectivity index (χ1) is 16.3. The van der Waals surface area contributed by atoms with E-state index in [1.54, 1.807) is 0 Å². The molecular formula is C19H17F6N5O5. The number of carbonyl (C=O) groups is 2. The average molecular weight is 509 g/mol. The molecular weight excluding hydrogens is 492 g/mol. The van der Waals surface area contributed by atoms with Gasteiger partial charge in [-0.15, -0.1) is 13.2 Å². The Labute approximate surface area is 191 Å². The number of hydrogen-bond donors (Lipinski definition) is 4. The molecule has 0 aliphatic carbocycles. The van der Waals surface area contributed by atoms with Crippen LogP contribution in [0.25, 0.3) is 16.7 Å². The van der Waals surface area contributed by atoms with Crippen LogP contribution < -0.4 is 15.8 Å². The number of aliphatic hydroxyl groups is 1. The molecule has 5 N–H and O–H groups in total. The maximum absolute atomic E-state index is 12.4. The lowest BCUT2D eigenvalue weighted by molar-refractivity contribution is -0.274. The summed E-state index contributed by atoms with van der Waals surface area (Å²) in [5.41, 5.74) is 7.16. The van der Waals surface area contributed by atoms with E-state index < -0.39 is 24.4 Å². The minimum absolute atomic E-state index is 0.0186. The van der Waals surface area contributed by atoms with Gasteiger partial charge in [0.25, 0.3) is 5.91 Å². The van der Waals surface area contributed by atoms with Gasteiger partial charge in [0.15, 0.2) is 5.65 Å². The van der Waals surface area contributed by atoms with E-state index in [9.17, 15) is 31.1 Å². The number of carboxylic acids is 1. The lowest BCUT2D eigenvalue weighted by Gasteiger charge is -2.09. The number of benzene rings is 1. The summed E-state index contributed by atoms with van der Waals surface area (Å²) in [6, 6.07) is 6.56. The maximum Gasteiger partial charge on any atom is 0.573 e. The molecule has 16 heteroatoms. The third-order valence-corrected chi connectivity index (χ3v) is 4.03. The van der Waals surface area contributed by atoms with Gasteiger partial charge in [-0.1, -0.05) is 0 Å². The van der Waals surface area contributed by atoms with Gasteiger partial charge in [0.2, 0.25) is 0 Å². The van der Waals surface area contributed by atoms with Crippen molar-refractivity contribution in [2.24, 2.45) is 5.73 Å². The zero-order chi connectivity index (χ0) is 26.4. The fourth-order valence-electron chi connectivity index (χ4n) is 2.68. The van der Waals surface area contributed by atoms with Crippen molar-refractivity contribution >= 4 is 22.9 Å². The first-order valence-corrected chi connectivity index (χ1v) is 9.40. The number of carbonyl (C=O) groups excluding carboxylic acids is 1. The smallest absolute Gasteiger partial charge is 0.475 e. The molecule has 1 amide bonds. The minimum Gasteiger partial charge on any atom is -0.475 e. The summed E-state index contributed by atoms with van der Waals surface area (Å²) in [6.45, 7) is -0.116. The van der Waals surface area contributed by atoms with E-state index in [0.717, 1.165) is 12.1 Å². The van der Waals surface area contributed by atoms with Crippen LogP contribution in [0.3, 0.4) is 0 Å². The molecule has 0 spiro atoms. The Morgan fingerprint density at radius 2 is 1.69 bits per heavy atom. The number of carboxylic acid groups (broad SMARTS) is 1. The van der Waals surface area contributed by atoms with Gasteiger partial charge in [-0.2, -0.15) is 18.3 Å². The minimum atomic E-state index is -5.08. The van der Waals surface area contributed by atoms with Gasteiger partial charge in [0.05, 0.1) is 28.9 Å². The number of nitrogens with two attached hydrogens (primary N) is 1. The fraction of sp³-hybridized carbons (Fsp3) is 0.263. The van der Waals surface area contributed by atoms with E-state index in [0.29, 0.717) is 22.4 Å². The third kappa shape index (κ3) is 7.28. The quantitative estimate of drug-likeness (QED) is 0.369. The van der Waals surface area contributed by atoms with Crippen molar-refractivity contribution in [2.45, 2.75) is 19.1 Å². The Balaban J connectivity index is 0.000000540. The molecule has 10 nitrogen and oxygen atoms in total. The Morgan fingerprint density at radius 3 is 2.17 bits per heavy atom. The highest BCUT2D eigenvalue weighted by molar-refractivity contribution is 6.06. The Kier molecular flexibility index (Phi) is 8.59. The molecule has 0 saturated carbocycles. The zero-order valence-corrected chi connectivity index (χ0v) is 17.4. The lowest BCUT2D eigenvalue weighted by atomic mass is 10.1. The highest BCUT2D eigenvalue weighted by Crippen LogP contribution is 2.27. The molecule has 0 saturated heterocycles. The summed E-state index contributed by atoms with van der Waals surface area (Å²) in [5, 5.41) is 23.3. The van der Waals surface area contributed by atoms with Crippen LogP contribution >= 0.6 is 0 Å². The Hall–Kier alpha value is -3.92. The Bertz CT molecular complexity index is 1180. The van der Waals surface area contributed by atoms with Gasteiger partial charge in [-0.05, 0) is 30.3 Å². The summed E-state index contributed by atoms with van der Waals surface area (Å²) < 4.78 is 73.9. The number of aliphatic carboxylic acids is 1. The maximum atomic E-state index is 12.4. The van der Waals surface area contributed by atoms with Crippen molar-refractivity contribution in [2.75, 3.05) is 13.2 Å². The predicted octanol–water partition coefficient (Wildman–Crippen LogP) is 2.13. The van der Waals surface area contributed by atoms with Gasteiger partial charge in [0.1, 0.15) is 5.75 Å². The van der Waals surface area contributed by atoms with E-state index in [4.69, 9.17) is 20.7 Å². The van der Waals surface area contributed by atoms with Gasteiger partial charge >= 0.3 is 18.5 Å². The van der Waals surface area contributed by atoms with Crippen molar-refractivity contribution in [3.05, 3.63) is 47.8 Å². The van der Waals surface area contributed by atoms with E-state index >= 15 is 0 Å². The molecule has 2 heterocycles. The SMILES string of the molecule is NCc1nn(-c2ccc(OC(F)(F)F)cc2)c2nccc(C(=O)NCCO)c12.O=C(O)C(F)(F)F. The summed E-state index contributed by atoms with van der Waals surface area (Å²) in [5.74, 6) is -3.55. The predicted molar refractivity (Wildman–Crippen MR) is 107 cm³/mol. The largest absolute Gasteiger partial charge is 0.573 e. The summed E-state index contributed by atoms with van der Waals surface area (Å²) in [7, 11) is 0. The highest BCUT2D eigenvalue weighted by atomic mass is 19.4. The van der Waals surface area contributed by atoms with Crippen LogP contribution in [0.2, 0.25) is 0 Å². The van der Waals surface area contributed by atoms with Crippen molar-refractivity contribution in [3.63, 3.8) is 0 Å². The number of hydrogen-bond acceptors (Lipinski definition) is 7. The van der Waals surface area contributed by atoms with E-state index in [-0.39, 0.29) is 31.0 Å². The second kappa shape index (κ2) is 11.0. The summed E-state index contributed by atoms with van der Waals surface area (Å²) in [4.78, 5) is 25.5. The monoisotopic (exact) mass is 509 g/mol. The van der Waals surface area contributed by atoms with Gasteiger partial charge in [0, 0.05) is 19.3 Å². The van der Waals surface area contributed by atoms with Crippen molar-refractivity contribution < 1.29 is 50.9 Å². The van der Waals surface area contributed by atoms with Crippen molar-refractivity contribution in [3.8, 4) is 11.4 Å². The molecule has 35 heavy (non-hydrogen) atoms. The van der Waals surface area contributed by atoms with Crippen LogP contribution in [0.1, 0.15) is 16.1 Å². The topological polar surface area (TPSA) is 153 Å². The molecule has 0 fully saturated rings. The van der Waals surface area contributed by atoms with E-state index in [1.165, 1.54) is 29.1 Å². The molecule has 0 radical (unpaired) electrons. The molecule has 3 rings (SSSR count). The molecule has 0 bridgehead atoms. The second-order valence-electron chi connectivity index (χ2n) is 6.44. The summed E-state index contributed by atoms with van der Waals surface area (Å²) in [6.07, 6.45) is -8.46. The van der Waals surface area contributed by atoms with Crippen LogP contribution in [0.4, 0.5) is 26.3 Å². The number of aliphatic hydroxyl groups excluding tert-OH is 1. The van der Waals surface area contributed by atoms with Crippen LogP contribution in [0.5, 0.6) is 5.75 Å². The highest BCUT2D eigenvalue weighted by Gasteiger charge is 2.38. The molecule has 0 atom stereocenters. The molecule has 2 aromatic heterocycles. The summed E-state index contributed by atoms with van der Waals surface area (Å²) >= 11 is 0. The number of halogens is 6. The number of pyridine rings is 1. The number of amides is 1. The number of rotatable bonds is 6. The number of aromatic nitrogens is 3. The fourth-order valence-corrected chi connectivity index (χ4v) is 2.68. The number of nitrogens with zero attached hydrogens (tertiary/aromatic N) is 3. The van der Waals surface area contributed by atoms with Gasteiger partial charge < -0.3 is 26.0 Å². The zero-order valence-electron chi connectivity index (χ0n) is 17.4. The van der Waals surface area contributed by atoms with Crippen LogP contribution in [-0.2, 0) is 11.3 Å². The second-order valence-corrected chi connectivity index (χ2v) is 6.44. The molecule has 0 aliphatic heterocycles. The molecule has 1 aromatic carbocycles. The average Bonchev–Trinajstić information content (AvgIpc) is 3.15. The van der Waals surface area contributed by atoms with E-state index in [1.807, 2.05) is 0 Å². The number of fused-ring (bicyclic) bond motifs is 1. The Morgan fingerprint density at radius 1 is 1.09 bits per heavy atom. The normalized spacial score (nSPS) is 11.5. The van der Waals surface area contributed by atoms with Crippen LogP contribution in [-0.4, -0.2) is 62.5 Å².